The molecule has 0 bridgehead atoms. The summed E-state index contributed by atoms with van der Waals surface area (Å²) in [7, 11) is 2.25. The first-order valence-electron chi connectivity index (χ1n) is 7.41. The molecule has 1 saturated heterocycles. The van der Waals surface area contributed by atoms with Crippen LogP contribution in [0, 0.1) is 0 Å². The highest BCUT2D eigenvalue weighted by atomic mass is 32.1. The zero-order valence-electron chi connectivity index (χ0n) is 12.0. The van der Waals surface area contributed by atoms with E-state index in [1.807, 2.05) is 0 Å². The molecule has 2 heterocycles. The molecule has 0 saturated carbocycles. The predicted octanol–water partition coefficient (Wildman–Crippen LogP) is 4.31. The summed E-state index contributed by atoms with van der Waals surface area (Å²) in [5.74, 6) is 0. The van der Waals surface area contributed by atoms with Crippen LogP contribution in [-0.4, -0.2) is 31.1 Å². The van der Waals surface area contributed by atoms with Crippen molar-refractivity contribution >= 4 is 17.0 Å². The van der Waals surface area contributed by atoms with Crippen LogP contribution in [-0.2, 0) is 0 Å². The third kappa shape index (κ3) is 3.05. The summed E-state index contributed by atoms with van der Waals surface area (Å²) in [6, 6.07) is 13.6. The highest BCUT2D eigenvalue weighted by Crippen LogP contribution is 2.31. The third-order valence-electron chi connectivity index (χ3n) is 4.16. The summed E-state index contributed by atoms with van der Waals surface area (Å²) >= 11 is 1.80. The van der Waals surface area contributed by atoms with Gasteiger partial charge in [-0.2, -0.15) is 0 Å². The molecule has 1 N–H and O–H groups in total. The Hall–Kier alpha value is -1.32. The second-order valence-corrected chi connectivity index (χ2v) is 6.48. The molecule has 1 aliphatic heterocycles. The fourth-order valence-electron chi connectivity index (χ4n) is 2.91. The average molecular weight is 286 g/mol. The molecular weight excluding hydrogens is 264 g/mol. The molecule has 3 rings (SSSR count). The maximum atomic E-state index is 3.67. The number of nitrogens with zero attached hydrogens (tertiary/aromatic N) is 1. The molecule has 20 heavy (non-hydrogen) atoms. The van der Waals surface area contributed by atoms with Crippen molar-refractivity contribution in [3.63, 3.8) is 0 Å². The van der Waals surface area contributed by atoms with Crippen molar-refractivity contribution in [1.29, 1.82) is 0 Å². The summed E-state index contributed by atoms with van der Waals surface area (Å²) in [5.41, 5.74) is 2.58. The van der Waals surface area contributed by atoms with E-state index in [1.54, 1.807) is 11.3 Å². The Kier molecular flexibility index (Phi) is 4.38. The molecule has 0 radical (unpaired) electrons. The molecule has 1 atom stereocenters. The Morgan fingerprint density at radius 3 is 2.90 bits per heavy atom. The van der Waals surface area contributed by atoms with Gasteiger partial charge in [-0.3, -0.25) is 0 Å². The van der Waals surface area contributed by atoms with E-state index in [9.17, 15) is 0 Å². The summed E-state index contributed by atoms with van der Waals surface area (Å²) < 4.78 is 0. The van der Waals surface area contributed by atoms with Crippen LogP contribution in [0.15, 0.2) is 41.8 Å². The third-order valence-corrected chi connectivity index (χ3v) is 5.07. The maximum Gasteiger partial charge on any atom is 0.0428 e. The number of hydrogen-bond acceptors (Lipinski definition) is 3. The lowest BCUT2D eigenvalue weighted by Gasteiger charge is -2.33. The van der Waals surface area contributed by atoms with E-state index in [0.29, 0.717) is 6.04 Å². The van der Waals surface area contributed by atoms with Gasteiger partial charge in [0, 0.05) is 28.7 Å². The second kappa shape index (κ2) is 6.42. The normalized spacial score (nSPS) is 19.9. The molecule has 1 aliphatic rings. The Labute approximate surface area is 125 Å². The van der Waals surface area contributed by atoms with Gasteiger partial charge < -0.3 is 10.2 Å². The van der Waals surface area contributed by atoms with E-state index < -0.39 is 0 Å². The van der Waals surface area contributed by atoms with Crippen molar-refractivity contribution in [1.82, 2.24) is 4.90 Å². The van der Waals surface area contributed by atoms with E-state index in [1.165, 1.54) is 41.9 Å². The zero-order chi connectivity index (χ0) is 13.8. The number of hydrogen-bond donors (Lipinski definition) is 1. The lowest BCUT2D eigenvalue weighted by molar-refractivity contribution is 0.194. The Balaban J connectivity index is 1.71. The van der Waals surface area contributed by atoms with Gasteiger partial charge in [0.15, 0.2) is 0 Å². The van der Waals surface area contributed by atoms with Crippen LogP contribution in [0.4, 0.5) is 5.69 Å². The van der Waals surface area contributed by atoms with E-state index in [4.69, 9.17) is 0 Å². The van der Waals surface area contributed by atoms with E-state index in [0.717, 1.165) is 6.54 Å². The number of nitrogens with one attached hydrogen (secondary N) is 1. The monoisotopic (exact) mass is 286 g/mol. The molecule has 0 spiro atoms. The molecule has 1 unspecified atom stereocenters. The van der Waals surface area contributed by atoms with Gasteiger partial charge in [0.1, 0.15) is 0 Å². The van der Waals surface area contributed by atoms with Crippen molar-refractivity contribution in [2.75, 3.05) is 25.5 Å². The SMILES string of the molecule is CN1CCCCC1CNc1ccccc1-c1cccs1. The summed E-state index contributed by atoms with van der Waals surface area (Å²) in [6.07, 6.45) is 4.02. The second-order valence-electron chi connectivity index (χ2n) is 5.53. The van der Waals surface area contributed by atoms with Crippen LogP contribution < -0.4 is 5.32 Å². The smallest absolute Gasteiger partial charge is 0.0428 e. The summed E-state index contributed by atoms with van der Waals surface area (Å²) in [5, 5.41) is 5.81. The molecule has 0 aliphatic carbocycles. The fourth-order valence-corrected chi connectivity index (χ4v) is 3.68. The molecule has 1 aromatic heterocycles. The van der Waals surface area contributed by atoms with E-state index in [-0.39, 0.29) is 0 Å². The molecule has 2 nitrogen and oxygen atoms in total. The van der Waals surface area contributed by atoms with Crippen molar-refractivity contribution < 1.29 is 0 Å². The molecule has 3 heteroatoms. The first kappa shape index (κ1) is 13.7. The number of benzene rings is 1. The van der Waals surface area contributed by atoms with Crippen LogP contribution in [0.25, 0.3) is 10.4 Å². The predicted molar refractivity (Wildman–Crippen MR) is 88.5 cm³/mol. The van der Waals surface area contributed by atoms with Gasteiger partial charge >= 0.3 is 0 Å². The van der Waals surface area contributed by atoms with Gasteiger partial charge in [0.25, 0.3) is 0 Å². The summed E-state index contributed by atoms with van der Waals surface area (Å²) in [6.45, 7) is 2.28. The van der Waals surface area contributed by atoms with Crippen LogP contribution >= 0.6 is 11.3 Å². The number of thiophene rings is 1. The Bertz CT molecular complexity index is 536. The van der Waals surface area contributed by atoms with Gasteiger partial charge in [-0.1, -0.05) is 30.7 Å². The highest BCUT2D eigenvalue weighted by Gasteiger charge is 2.18. The van der Waals surface area contributed by atoms with E-state index in [2.05, 4.69) is 59.0 Å². The minimum Gasteiger partial charge on any atom is -0.383 e. The minimum atomic E-state index is 0.667. The van der Waals surface area contributed by atoms with Crippen molar-refractivity contribution in [2.24, 2.45) is 0 Å². The Morgan fingerprint density at radius 1 is 1.20 bits per heavy atom. The number of rotatable bonds is 4. The van der Waals surface area contributed by atoms with Gasteiger partial charge in [0.05, 0.1) is 0 Å². The van der Waals surface area contributed by atoms with Crippen LogP contribution in [0.5, 0.6) is 0 Å². The number of likely N-dealkylation sites (tertiary alicyclic amines) is 1. The van der Waals surface area contributed by atoms with Gasteiger partial charge in [-0.25, -0.2) is 0 Å². The maximum absolute atomic E-state index is 3.67. The number of likely N-dealkylation sites (N-methyl/N-ethyl adjacent to an activating group) is 1. The van der Waals surface area contributed by atoms with Crippen LogP contribution in [0.1, 0.15) is 19.3 Å². The standard InChI is InChI=1S/C17H22N2S/c1-19-11-5-4-7-14(19)13-18-16-9-3-2-8-15(16)17-10-6-12-20-17/h2-3,6,8-10,12,14,18H,4-5,7,11,13H2,1H3. The Morgan fingerprint density at radius 2 is 2.10 bits per heavy atom. The first-order chi connectivity index (χ1) is 9.84. The zero-order valence-corrected chi connectivity index (χ0v) is 12.8. The van der Waals surface area contributed by atoms with Gasteiger partial charge in [0.2, 0.25) is 0 Å². The quantitative estimate of drug-likeness (QED) is 0.901. The highest BCUT2D eigenvalue weighted by molar-refractivity contribution is 7.13. The number of para-hydroxylation sites is 1. The molecule has 1 aromatic carbocycles. The molecule has 0 amide bonds. The fraction of sp³-hybridized carbons (Fsp3) is 0.412. The molecular formula is C17H22N2S. The van der Waals surface area contributed by atoms with Crippen molar-refractivity contribution in [2.45, 2.75) is 25.3 Å². The number of anilines is 1. The average Bonchev–Trinajstić information content (AvgIpc) is 3.01. The van der Waals surface area contributed by atoms with Gasteiger partial charge in [-0.05, 0) is 43.9 Å². The number of piperidine rings is 1. The minimum absolute atomic E-state index is 0.667. The lowest BCUT2D eigenvalue weighted by Crippen LogP contribution is -2.40. The van der Waals surface area contributed by atoms with Crippen molar-refractivity contribution in [3.05, 3.63) is 41.8 Å². The van der Waals surface area contributed by atoms with Crippen LogP contribution in [0.2, 0.25) is 0 Å². The molecule has 106 valence electrons. The van der Waals surface area contributed by atoms with E-state index >= 15 is 0 Å². The largest absolute Gasteiger partial charge is 0.383 e. The molecule has 2 aromatic rings. The topological polar surface area (TPSA) is 15.3 Å². The first-order valence-corrected chi connectivity index (χ1v) is 8.29. The van der Waals surface area contributed by atoms with Crippen molar-refractivity contribution in [3.8, 4) is 10.4 Å². The molecule has 1 fully saturated rings. The van der Waals surface area contributed by atoms with Crippen LogP contribution in [0.3, 0.4) is 0 Å². The van der Waals surface area contributed by atoms with Gasteiger partial charge in [-0.15, -0.1) is 11.3 Å². The lowest BCUT2D eigenvalue weighted by atomic mass is 10.0. The summed E-state index contributed by atoms with van der Waals surface area (Å²) in [4.78, 5) is 3.83.